The van der Waals surface area contributed by atoms with E-state index in [-0.39, 0.29) is 0 Å². The molecule has 0 radical (unpaired) electrons. The van der Waals surface area contributed by atoms with Crippen molar-refractivity contribution in [2.24, 2.45) is 35.3 Å². The Bertz CT molecular complexity index is 187. The van der Waals surface area contributed by atoms with Crippen LogP contribution in [0.1, 0.15) is 38.5 Å². The fraction of sp³-hybridized carbons (Fsp3) is 1.00. The molecule has 4 fully saturated rings. The zero-order valence-electron chi connectivity index (χ0n) is 8.41. The number of hydrogen-bond donors (Lipinski definition) is 1. The van der Waals surface area contributed by atoms with Crippen LogP contribution in [0.15, 0.2) is 0 Å². The van der Waals surface area contributed by atoms with E-state index in [9.17, 15) is 0 Å². The van der Waals surface area contributed by atoms with Crippen molar-refractivity contribution in [1.82, 2.24) is 0 Å². The van der Waals surface area contributed by atoms with Gasteiger partial charge in [0.2, 0.25) is 0 Å². The second-order valence-electron chi connectivity index (χ2n) is 5.77. The summed E-state index contributed by atoms with van der Waals surface area (Å²) >= 11 is 0. The van der Waals surface area contributed by atoms with Crippen molar-refractivity contribution in [3.8, 4) is 0 Å². The molecule has 4 aliphatic carbocycles. The van der Waals surface area contributed by atoms with Crippen molar-refractivity contribution in [2.45, 2.75) is 38.5 Å². The van der Waals surface area contributed by atoms with Gasteiger partial charge in [0.1, 0.15) is 0 Å². The van der Waals surface area contributed by atoms with Crippen molar-refractivity contribution < 1.29 is 0 Å². The third kappa shape index (κ3) is 1.32. The Morgan fingerprint density at radius 3 is 1.85 bits per heavy atom. The second-order valence-corrected chi connectivity index (χ2v) is 5.77. The highest BCUT2D eigenvalue weighted by molar-refractivity contribution is 4.94. The van der Waals surface area contributed by atoms with Crippen molar-refractivity contribution in [3.05, 3.63) is 0 Å². The molecule has 0 spiro atoms. The SMILES string of the molecule is NCC1CC2CC3CC1C[C@@H](C2)C3. The molecule has 0 saturated heterocycles. The standard InChI is InChI=1S/C12H21N/c13-7-12-6-10-2-8-1-9(3-10)5-11(12)4-8/h8-12H,1-7,13H2/t8-,9?,10?,11?,12?/m1/s1. The summed E-state index contributed by atoms with van der Waals surface area (Å²) in [6.45, 7) is 0.959. The molecule has 5 atom stereocenters. The van der Waals surface area contributed by atoms with Crippen LogP contribution in [0.4, 0.5) is 0 Å². The molecule has 4 unspecified atom stereocenters. The van der Waals surface area contributed by atoms with Crippen molar-refractivity contribution in [2.75, 3.05) is 6.54 Å². The summed E-state index contributed by atoms with van der Waals surface area (Å²) in [5.41, 5.74) is 5.89. The van der Waals surface area contributed by atoms with Gasteiger partial charge in [-0.15, -0.1) is 0 Å². The van der Waals surface area contributed by atoms with E-state index in [1.165, 1.54) is 19.3 Å². The van der Waals surface area contributed by atoms with Gasteiger partial charge in [0.05, 0.1) is 0 Å². The molecule has 0 amide bonds. The molecule has 4 aliphatic rings. The topological polar surface area (TPSA) is 26.0 Å². The molecular formula is C12H21N. The molecule has 0 heterocycles. The van der Waals surface area contributed by atoms with Crippen molar-refractivity contribution in [1.29, 1.82) is 0 Å². The zero-order valence-corrected chi connectivity index (χ0v) is 8.41. The lowest BCUT2D eigenvalue weighted by atomic mass is 9.67. The molecule has 1 heteroatoms. The van der Waals surface area contributed by atoms with E-state index < -0.39 is 0 Å². The van der Waals surface area contributed by atoms with Crippen molar-refractivity contribution >= 4 is 0 Å². The van der Waals surface area contributed by atoms with Gasteiger partial charge in [-0.25, -0.2) is 0 Å². The minimum Gasteiger partial charge on any atom is -0.330 e. The van der Waals surface area contributed by atoms with Crippen LogP contribution in [-0.2, 0) is 0 Å². The zero-order chi connectivity index (χ0) is 8.84. The van der Waals surface area contributed by atoms with Gasteiger partial charge < -0.3 is 5.73 Å². The molecule has 4 bridgehead atoms. The molecule has 0 aliphatic heterocycles. The minimum atomic E-state index is 0.889. The number of rotatable bonds is 1. The average molecular weight is 179 g/mol. The van der Waals surface area contributed by atoms with Gasteiger partial charge in [0.25, 0.3) is 0 Å². The maximum absolute atomic E-state index is 5.89. The smallest absolute Gasteiger partial charge is 0.00461 e. The lowest BCUT2D eigenvalue weighted by molar-refractivity contribution is 0.126. The number of nitrogens with two attached hydrogens (primary N) is 1. The largest absolute Gasteiger partial charge is 0.330 e. The summed E-state index contributed by atoms with van der Waals surface area (Å²) in [5.74, 6) is 5.16. The summed E-state index contributed by atoms with van der Waals surface area (Å²) in [6, 6.07) is 0. The predicted octanol–water partition coefficient (Wildman–Crippen LogP) is 2.41. The van der Waals surface area contributed by atoms with E-state index in [1.807, 2.05) is 0 Å². The third-order valence-electron chi connectivity index (χ3n) is 4.88. The Labute approximate surface area is 81.1 Å². The first-order valence-corrected chi connectivity index (χ1v) is 6.05. The molecule has 0 aromatic rings. The van der Waals surface area contributed by atoms with Gasteiger partial charge in [-0.3, -0.25) is 0 Å². The van der Waals surface area contributed by atoms with Gasteiger partial charge in [-0.05, 0) is 74.7 Å². The first kappa shape index (κ1) is 8.28. The lowest BCUT2D eigenvalue weighted by Gasteiger charge is -2.38. The molecule has 0 aromatic carbocycles. The highest BCUT2D eigenvalue weighted by Gasteiger charge is 2.42. The molecule has 4 rings (SSSR count). The van der Waals surface area contributed by atoms with Crippen LogP contribution < -0.4 is 5.73 Å². The van der Waals surface area contributed by atoms with Gasteiger partial charge in [-0.1, -0.05) is 0 Å². The molecule has 0 aromatic heterocycles. The maximum Gasteiger partial charge on any atom is -0.00461 e. The van der Waals surface area contributed by atoms with Crippen LogP contribution in [0, 0.1) is 29.6 Å². The molecule has 74 valence electrons. The first-order chi connectivity index (χ1) is 6.35. The van der Waals surface area contributed by atoms with E-state index in [4.69, 9.17) is 5.73 Å². The normalized spacial score (nSPS) is 53.8. The predicted molar refractivity (Wildman–Crippen MR) is 54.2 cm³/mol. The van der Waals surface area contributed by atoms with Crippen molar-refractivity contribution in [3.63, 3.8) is 0 Å². The maximum atomic E-state index is 5.89. The third-order valence-corrected chi connectivity index (χ3v) is 4.88. The number of fused-ring (bicyclic) bond motifs is 1. The van der Waals surface area contributed by atoms with Gasteiger partial charge in [0.15, 0.2) is 0 Å². The average Bonchev–Trinajstić information content (AvgIpc) is 2.29. The van der Waals surface area contributed by atoms with E-state index in [2.05, 4.69) is 0 Å². The minimum absolute atomic E-state index is 0.889. The summed E-state index contributed by atoms with van der Waals surface area (Å²) in [7, 11) is 0. The number of hydrogen-bond acceptors (Lipinski definition) is 1. The molecular weight excluding hydrogens is 158 g/mol. The van der Waals surface area contributed by atoms with Gasteiger partial charge in [0, 0.05) is 0 Å². The van der Waals surface area contributed by atoms with Gasteiger partial charge in [-0.2, -0.15) is 0 Å². The Morgan fingerprint density at radius 1 is 0.769 bits per heavy atom. The fourth-order valence-electron chi connectivity index (χ4n) is 4.53. The summed E-state index contributed by atoms with van der Waals surface area (Å²) in [5, 5.41) is 0. The Hall–Kier alpha value is -0.0400. The van der Waals surface area contributed by atoms with Crippen LogP contribution in [0.2, 0.25) is 0 Å². The summed E-state index contributed by atoms with van der Waals surface area (Å²) in [6.07, 6.45) is 9.16. The van der Waals surface area contributed by atoms with Crippen LogP contribution in [0.3, 0.4) is 0 Å². The molecule has 1 nitrogen and oxygen atoms in total. The highest BCUT2D eigenvalue weighted by Crippen LogP contribution is 2.52. The van der Waals surface area contributed by atoms with E-state index in [0.717, 1.165) is 36.1 Å². The Morgan fingerprint density at radius 2 is 1.31 bits per heavy atom. The second kappa shape index (κ2) is 2.98. The monoisotopic (exact) mass is 179 g/mol. The highest BCUT2D eigenvalue weighted by atomic mass is 14.6. The van der Waals surface area contributed by atoms with Crippen LogP contribution in [0.25, 0.3) is 0 Å². The summed E-state index contributed by atoms with van der Waals surface area (Å²) < 4.78 is 0. The summed E-state index contributed by atoms with van der Waals surface area (Å²) in [4.78, 5) is 0. The van der Waals surface area contributed by atoms with E-state index in [0.29, 0.717) is 0 Å². The molecule has 2 N–H and O–H groups in total. The fourth-order valence-corrected chi connectivity index (χ4v) is 4.53. The Kier molecular flexibility index (Phi) is 1.90. The first-order valence-electron chi connectivity index (χ1n) is 6.05. The van der Waals surface area contributed by atoms with Crippen LogP contribution in [-0.4, -0.2) is 6.54 Å². The Balaban J connectivity index is 1.86. The van der Waals surface area contributed by atoms with E-state index >= 15 is 0 Å². The molecule has 4 saturated carbocycles. The van der Waals surface area contributed by atoms with E-state index in [1.54, 1.807) is 19.3 Å². The van der Waals surface area contributed by atoms with Gasteiger partial charge >= 0.3 is 0 Å². The lowest BCUT2D eigenvalue weighted by Crippen LogP contribution is -2.29. The molecule has 13 heavy (non-hydrogen) atoms. The quantitative estimate of drug-likeness (QED) is 0.657. The van der Waals surface area contributed by atoms with Crippen LogP contribution in [0.5, 0.6) is 0 Å². The van der Waals surface area contributed by atoms with Crippen LogP contribution >= 0.6 is 0 Å².